The van der Waals surface area contributed by atoms with Crippen LogP contribution in [0, 0.1) is 0 Å². The first-order valence-corrected chi connectivity index (χ1v) is 7.83. The molecule has 0 radical (unpaired) electrons. The Morgan fingerprint density at radius 2 is 1.76 bits per heavy atom. The Hall–Kier alpha value is -1.39. The Bertz CT molecular complexity index is 628. The molecule has 0 bridgehead atoms. The molecular weight excluding hydrogens is 288 g/mol. The molecule has 0 atom stereocenters. The lowest BCUT2D eigenvalue weighted by Gasteiger charge is -2.34. The fourth-order valence-corrected chi connectivity index (χ4v) is 3.16. The summed E-state index contributed by atoms with van der Waals surface area (Å²) in [6.45, 7) is 1.42. The van der Waals surface area contributed by atoms with E-state index in [9.17, 15) is 0 Å². The van der Waals surface area contributed by atoms with Crippen molar-refractivity contribution in [2.24, 2.45) is 0 Å². The van der Waals surface area contributed by atoms with Crippen LogP contribution in [0.4, 0.5) is 0 Å². The van der Waals surface area contributed by atoms with Crippen LogP contribution in [0.2, 0.25) is 5.02 Å². The minimum Gasteiger partial charge on any atom is -0.424 e. The predicted molar refractivity (Wildman–Crippen MR) is 78.6 cm³/mol. The molecule has 1 saturated heterocycles. The average molecular weight is 305 g/mol. The molecule has 2 heterocycles. The van der Waals surface area contributed by atoms with Crippen molar-refractivity contribution < 1.29 is 9.15 Å². The van der Waals surface area contributed by atoms with E-state index in [0.717, 1.165) is 29.6 Å². The van der Waals surface area contributed by atoms with Crippen LogP contribution in [0.1, 0.15) is 48.9 Å². The maximum Gasteiger partial charge on any atom is 0.227 e. The van der Waals surface area contributed by atoms with Gasteiger partial charge in [-0.25, -0.2) is 0 Å². The molecule has 2 fully saturated rings. The molecule has 1 saturated carbocycles. The van der Waals surface area contributed by atoms with Gasteiger partial charge in [-0.2, -0.15) is 0 Å². The van der Waals surface area contributed by atoms with Gasteiger partial charge >= 0.3 is 0 Å². The van der Waals surface area contributed by atoms with Crippen LogP contribution in [-0.4, -0.2) is 23.4 Å². The smallest absolute Gasteiger partial charge is 0.227 e. The summed E-state index contributed by atoms with van der Waals surface area (Å²) in [7, 11) is 0. The molecule has 21 heavy (non-hydrogen) atoms. The highest BCUT2D eigenvalue weighted by Crippen LogP contribution is 2.44. The third-order valence-corrected chi connectivity index (χ3v) is 4.77. The van der Waals surface area contributed by atoms with E-state index in [0.29, 0.717) is 19.1 Å². The number of hydrogen-bond donors (Lipinski definition) is 0. The van der Waals surface area contributed by atoms with Crippen LogP contribution in [0.5, 0.6) is 0 Å². The monoisotopic (exact) mass is 304 g/mol. The van der Waals surface area contributed by atoms with Gasteiger partial charge in [-0.3, -0.25) is 0 Å². The van der Waals surface area contributed by atoms with Gasteiger partial charge in [0.2, 0.25) is 11.8 Å². The first-order valence-electron chi connectivity index (χ1n) is 7.46. The molecule has 2 aliphatic rings. The normalized spacial score (nSPS) is 21.4. The molecule has 5 heteroatoms. The lowest BCUT2D eigenvalue weighted by Crippen LogP contribution is -2.35. The molecule has 0 N–H and O–H groups in total. The average Bonchev–Trinajstić information content (AvgIpc) is 3.26. The zero-order chi connectivity index (χ0) is 14.3. The first-order chi connectivity index (χ1) is 10.3. The molecule has 4 nitrogen and oxygen atoms in total. The topological polar surface area (TPSA) is 48.2 Å². The fraction of sp³-hybridized carbons (Fsp3) is 0.500. The third-order valence-electron chi connectivity index (χ3n) is 4.52. The molecule has 110 valence electrons. The van der Waals surface area contributed by atoms with Gasteiger partial charge in [0.1, 0.15) is 0 Å². The Morgan fingerprint density at radius 3 is 2.43 bits per heavy atom. The molecule has 1 aliphatic heterocycles. The van der Waals surface area contributed by atoms with Crippen molar-refractivity contribution in [3.8, 4) is 0 Å². The second-order valence-corrected chi connectivity index (χ2v) is 6.36. The van der Waals surface area contributed by atoms with Crippen molar-refractivity contribution in [1.82, 2.24) is 10.2 Å². The molecule has 0 amide bonds. The fourth-order valence-electron chi connectivity index (χ4n) is 3.04. The molecule has 1 aliphatic carbocycles. The molecule has 2 aromatic rings. The summed E-state index contributed by atoms with van der Waals surface area (Å²) in [6.07, 6.45) is 4.05. The molecular formula is C16H17ClN2O2. The van der Waals surface area contributed by atoms with E-state index in [4.69, 9.17) is 20.8 Å². The van der Waals surface area contributed by atoms with Gasteiger partial charge in [-0.05, 0) is 43.4 Å². The number of hydrogen-bond acceptors (Lipinski definition) is 4. The maximum atomic E-state index is 6.02. The van der Waals surface area contributed by atoms with Crippen molar-refractivity contribution in [2.75, 3.05) is 13.2 Å². The number of halogens is 1. The van der Waals surface area contributed by atoms with Crippen molar-refractivity contribution in [2.45, 2.75) is 37.0 Å². The van der Waals surface area contributed by atoms with Crippen LogP contribution < -0.4 is 0 Å². The van der Waals surface area contributed by atoms with Gasteiger partial charge in [-0.1, -0.05) is 23.7 Å². The van der Waals surface area contributed by atoms with Gasteiger partial charge < -0.3 is 9.15 Å². The summed E-state index contributed by atoms with van der Waals surface area (Å²) in [5.74, 6) is 2.01. The maximum absolute atomic E-state index is 6.02. The zero-order valence-corrected chi connectivity index (χ0v) is 12.5. The molecule has 0 spiro atoms. The van der Waals surface area contributed by atoms with Crippen molar-refractivity contribution in [1.29, 1.82) is 0 Å². The highest BCUT2D eigenvalue weighted by molar-refractivity contribution is 6.30. The zero-order valence-electron chi connectivity index (χ0n) is 11.7. The summed E-state index contributed by atoms with van der Waals surface area (Å²) in [5, 5.41) is 9.37. The van der Waals surface area contributed by atoms with Crippen molar-refractivity contribution in [3.63, 3.8) is 0 Å². The second kappa shape index (κ2) is 5.11. The molecule has 0 unspecified atom stereocenters. The van der Waals surface area contributed by atoms with E-state index >= 15 is 0 Å². The molecule has 1 aromatic carbocycles. The Balaban J connectivity index is 1.76. The van der Waals surface area contributed by atoms with E-state index in [-0.39, 0.29) is 5.41 Å². The van der Waals surface area contributed by atoms with Crippen molar-refractivity contribution in [3.05, 3.63) is 46.6 Å². The van der Waals surface area contributed by atoms with E-state index in [1.165, 1.54) is 18.4 Å². The second-order valence-electron chi connectivity index (χ2n) is 5.92. The van der Waals surface area contributed by atoms with Gasteiger partial charge in [0.15, 0.2) is 0 Å². The van der Waals surface area contributed by atoms with Gasteiger partial charge in [-0.15, -0.1) is 10.2 Å². The quantitative estimate of drug-likeness (QED) is 0.867. The van der Waals surface area contributed by atoms with E-state index in [1.807, 2.05) is 12.1 Å². The van der Waals surface area contributed by atoms with Crippen molar-refractivity contribution >= 4 is 11.6 Å². The number of nitrogens with zero attached hydrogens (tertiary/aromatic N) is 2. The summed E-state index contributed by atoms with van der Waals surface area (Å²) in [6, 6.07) is 7.97. The highest BCUT2D eigenvalue weighted by Gasteiger charge is 2.42. The SMILES string of the molecule is Clc1ccc(C2(c3nnc(C4CC4)o3)CCOCC2)cc1. The number of benzene rings is 1. The van der Waals surface area contributed by atoms with Gasteiger partial charge in [0, 0.05) is 24.2 Å². The Kier molecular flexibility index (Phi) is 3.23. The van der Waals surface area contributed by atoms with Crippen LogP contribution in [0.15, 0.2) is 28.7 Å². The van der Waals surface area contributed by atoms with E-state index in [2.05, 4.69) is 22.3 Å². The number of ether oxygens (including phenoxy) is 1. The minimum absolute atomic E-state index is 0.233. The number of aromatic nitrogens is 2. The van der Waals surface area contributed by atoms with Crippen LogP contribution in [0.25, 0.3) is 0 Å². The lowest BCUT2D eigenvalue weighted by atomic mass is 9.74. The van der Waals surface area contributed by atoms with Gasteiger partial charge in [0.05, 0.1) is 5.41 Å². The predicted octanol–water partition coefficient (Wildman–Crippen LogP) is 3.70. The summed E-state index contributed by atoms with van der Waals surface area (Å²) >= 11 is 6.02. The summed E-state index contributed by atoms with van der Waals surface area (Å²) < 4.78 is 11.6. The van der Waals surface area contributed by atoms with Crippen LogP contribution >= 0.6 is 11.6 Å². The first kappa shape index (κ1) is 13.3. The third kappa shape index (κ3) is 2.36. The van der Waals surface area contributed by atoms with Crippen LogP contribution in [-0.2, 0) is 10.2 Å². The lowest BCUT2D eigenvalue weighted by molar-refractivity contribution is 0.0540. The molecule has 1 aromatic heterocycles. The van der Waals surface area contributed by atoms with E-state index in [1.54, 1.807) is 0 Å². The minimum atomic E-state index is -0.233. The Morgan fingerprint density at radius 1 is 1.05 bits per heavy atom. The summed E-state index contributed by atoms with van der Waals surface area (Å²) in [4.78, 5) is 0. The van der Waals surface area contributed by atoms with Gasteiger partial charge in [0.25, 0.3) is 0 Å². The van der Waals surface area contributed by atoms with E-state index < -0.39 is 0 Å². The summed E-state index contributed by atoms with van der Waals surface area (Å²) in [5.41, 5.74) is 0.949. The number of rotatable bonds is 3. The Labute approximate surface area is 128 Å². The molecule has 4 rings (SSSR count). The standard InChI is InChI=1S/C16H17ClN2O2/c17-13-5-3-12(4-6-13)16(7-9-20-10-8-16)15-19-18-14(21-15)11-1-2-11/h3-6,11H,1-2,7-10H2. The largest absolute Gasteiger partial charge is 0.424 e. The highest BCUT2D eigenvalue weighted by atomic mass is 35.5. The van der Waals surface area contributed by atoms with Crippen LogP contribution in [0.3, 0.4) is 0 Å².